The van der Waals surface area contributed by atoms with E-state index in [1.54, 1.807) is 6.07 Å². The third-order valence-electron chi connectivity index (χ3n) is 2.80. The number of halogens is 1. The van der Waals surface area contributed by atoms with Crippen molar-refractivity contribution in [1.29, 1.82) is 0 Å². The van der Waals surface area contributed by atoms with E-state index in [1.807, 2.05) is 0 Å². The molecule has 2 aromatic carbocycles. The fourth-order valence-electron chi connectivity index (χ4n) is 1.71. The van der Waals surface area contributed by atoms with Crippen molar-refractivity contribution >= 4 is 29.4 Å². The van der Waals surface area contributed by atoms with Crippen molar-refractivity contribution in [1.82, 2.24) is 5.43 Å². The van der Waals surface area contributed by atoms with Crippen LogP contribution in [0, 0.1) is 10.1 Å². The zero-order chi connectivity index (χ0) is 17.5. The smallest absolute Gasteiger partial charge is 0.310 e. The van der Waals surface area contributed by atoms with Crippen molar-refractivity contribution in [2.75, 3.05) is 6.61 Å². The minimum Gasteiger partial charge on any atom is -0.507 e. The SMILES string of the molecule is O=C(COc1ccccc1[N+](=O)[O-])N/N=C/c1cc(Cl)ccc1O. The van der Waals surface area contributed by atoms with E-state index in [-0.39, 0.29) is 17.2 Å². The van der Waals surface area contributed by atoms with Gasteiger partial charge in [-0.1, -0.05) is 23.7 Å². The van der Waals surface area contributed by atoms with Crippen LogP contribution in [0.4, 0.5) is 5.69 Å². The molecule has 0 bridgehead atoms. The standard InChI is InChI=1S/C15H12ClN3O5/c16-11-5-6-13(20)10(7-11)8-17-18-15(21)9-24-14-4-2-1-3-12(14)19(22)23/h1-8,20H,9H2,(H,18,21)/b17-8+. The van der Waals surface area contributed by atoms with E-state index in [1.165, 1.54) is 42.6 Å². The Morgan fingerprint density at radius 2 is 2.12 bits per heavy atom. The highest BCUT2D eigenvalue weighted by atomic mass is 35.5. The largest absolute Gasteiger partial charge is 0.507 e. The lowest BCUT2D eigenvalue weighted by Gasteiger charge is -2.05. The molecule has 0 heterocycles. The van der Waals surface area contributed by atoms with Crippen molar-refractivity contribution in [3.63, 3.8) is 0 Å². The maximum Gasteiger partial charge on any atom is 0.310 e. The maximum atomic E-state index is 11.6. The highest BCUT2D eigenvalue weighted by Crippen LogP contribution is 2.25. The summed E-state index contributed by atoms with van der Waals surface area (Å²) in [7, 11) is 0. The molecule has 0 saturated heterocycles. The van der Waals surface area contributed by atoms with Crippen molar-refractivity contribution < 1.29 is 19.6 Å². The Hall–Kier alpha value is -3.13. The number of para-hydroxylation sites is 2. The number of hydrazone groups is 1. The molecule has 0 aromatic heterocycles. The van der Waals surface area contributed by atoms with Gasteiger partial charge in [0.1, 0.15) is 5.75 Å². The molecule has 0 aliphatic carbocycles. The molecule has 0 radical (unpaired) electrons. The van der Waals surface area contributed by atoms with E-state index in [9.17, 15) is 20.0 Å². The number of aromatic hydroxyl groups is 1. The maximum absolute atomic E-state index is 11.6. The van der Waals surface area contributed by atoms with Gasteiger partial charge in [-0.25, -0.2) is 5.43 Å². The number of nitro groups is 1. The molecule has 0 aliphatic rings. The third-order valence-corrected chi connectivity index (χ3v) is 3.04. The second kappa shape index (κ2) is 7.93. The van der Waals surface area contributed by atoms with Gasteiger partial charge in [0.05, 0.1) is 11.1 Å². The lowest BCUT2D eigenvalue weighted by molar-refractivity contribution is -0.385. The zero-order valence-electron chi connectivity index (χ0n) is 12.2. The van der Waals surface area contributed by atoms with Crippen LogP contribution in [-0.2, 0) is 4.79 Å². The quantitative estimate of drug-likeness (QED) is 0.472. The Bertz CT molecular complexity index is 794. The van der Waals surface area contributed by atoms with Crippen LogP contribution >= 0.6 is 11.6 Å². The van der Waals surface area contributed by atoms with E-state index in [0.29, 0.717) is 10.6 Å². The van der Waals surface area contributed by atoms with Crippen LogP contribution in [0.25, 0.3) is 0 Å². The van der Waals surface area contributed by atoms with Gasteiger partial charge < -0.3 is 9.84 Å². The van der Waals surface area contributed by atoms with E-state index in [4.69, 9.17) is 16.3 Å². The molecule has 9 heteroatoms. The van der Waals surface area contributed by atoms with E-state index >= 15 is 0 Å². The first kappa shape index (κ1) is 17.2. The number of rotatable bonds is 6. The van der Waals surface area contributed by atoms with Crippen LogP contribution in [0.3, 0.4) is 0 Å². The Morgan fingerprint density at radius 3 is 2.88 bits per heavy atom. The van der Waals surface area contributed by atoms with Gasteiger partial charge in [0.15, 0.2) is 12.4 Å². The summed E-state index contributed by atoms with van der Waals surface area (Å²) in [6.07, 6.45) is 1.21. The molecule has 0 aliphatic heterocycles. The predicted octanol–water partition coefficient (Wildman–Crippen LogP) is 2.48. The van der Waals surface area contributed by atoms with Gasteiger partial charge in [0, 0.05) is 16.7 Å². The first-order valence-corrected chi connectivity index (χ1v) is 7.02. The Kier molecular flexibility index (Phi) is 5.69. The number of hydrogen-bond acceptors (Lipinski definition) is 6. The zero-order valence-corrected chi connectivity index (χ0v) is 12.9. The molecule has 124 valence electrons. The fourth-order valence-corrected chi connectivity index (χ4v) is 1.89. The molecule has 0 saturated carbocycles. The summed E-state index contributed by atoms with van der Waals surface area (Å²) in [6.45, 7) is -0.455. The van der Waals surface area contributed by atoms with Crippen molar-refractivity contribution in [2.45, 2.75) is 0 Å². The Balaban J connectivity index is 1.91. The van der Waals surface area contributed by atoms with Crippen molar-refractivity contribution in [3.8, 4) is 11.5 Å². The van der Waals surface area contributed by atoms with Crippen LogP contribution in [0.2, 0.25) is 5.02 Å². The molecule has 2 rings (SSSR count). The number of phenolic OH excluding ortho intramolecular Hbond substituents is 1. The normalized spacial score (nSPS) is 10.5. The average Bonchev–Trinajstić information content (AvgIpc) is 2.56. The second-order valence-electron chi connectivity index (χ2n) is 4.51. The number of nitrogens with one attached hydrogen (secondary N) is 1. The summed E-state index contributed by atoms with van der Waals surface area (Å²) in [6, 6.07) is 10.1. The molecule has 2 N–H and O–H groups in total. The predicted molar refractivity (Wildman–Crippen MR) is 87.4 cm³/mol. The van der Waals surface area contributed by atoms with E-state index < -0.39 is 17.4 Å². The fraction of sp³-hybridized carbons (Fsp3) is 0.0667. The number of carbonyl (C=O) groups excluding carboxylic acids is 1. The molecule has 24 heavy (non-hydrogen) atoms. The van der Waals surface area contributed by atoms with Gasteiger partial charge in [-0.2, -0.15) is 5.10 Å². The molecule has 0 unspecified atom stereocenters. The number of hydrogen-bond donors (Lipinski definition) is 2. The van der Waals surface area contributed by atoms with Gasteiger partial charge in [-0.15, -0.1) is 0 Å². The van der Waals surface area contributed by atoms with E-state index in [2.05, 4.69) is 10.5 Å². The summed E-state index contributed by atoms with van der Waals surface area (Å²) < 4.78 is 5.11. The van der Waals surface area contributed by atoms with Crippen molar-refractivity contribution in [2.24, 2.45) is 5.10 Å². The number of benzene rings is 2. The molecule has 0 spiro atoms. The van der Waals surface area contributed by atoms with Crippen molar-refractivity contribution in [3.05, 3.63) is 63.2 Å². The van der Waals surface area contributed by atoms with Crippen LogP contribution in [0.1, 0.15) is 5.56 Å². The highest BCUT2D eigenvalue weighted by Gasteiger charge is 2.14. The molecule has 0 fully saturated rings. The van der Waals surface area contributed by atoms with Gasteiger partial charge >= 0.3 is 5.69 Å². The Labute approximate surface area is 141 Å². The molecule has 0 atom stereocenters. The minimum atomic E-state index is -0.620. The van der Waals surface area contributed by atoms with Crippen LogP contribution in [0.15, 0.2) is 47.6 Å². The number of nitrogens with zero attached hydrogens (tertiary/aromatic N) is 2. The Morgan fingerprint density at radius 1 is 1.38 bits per heavy atom. The monoisotopic (exact) mass is 349 g/mol. The molecular formula is C15H12ClN3O5. The lowest BCUT2D eigenvalue weighted by atomic mass is 10.2. The molecule has 1 amide bonds. The first-order chi connectivity index (χ1) is 11.5. The number of phenols is 1. The number of ether oxygens (including phenoxy) is 1. The van der Waals surface area contributed by atoms with E-state index in [0.717, 1.165) is 0 Å². The summed E-state index contributed by atoms with van der Waals surface area (Å²) in [5.74, 6) is -0.686. The number of carbonyl (C=O) groups is 1. The second-order valence-corrected chi connectivity index (χ2v) is 4.95. The molecule has 2 aromatic rings. The molecular weight excluding hydrogens is 338 g/mol. The lowest BCUT2D eigenvalue weighted by Crippen LogP contribution is -2.24. The minimum absolute atomic E-state index is 0.0193. The van der Waals surface area contributed by atoms with Crippen LogP contribution in [-0.4, -0.2) is 28.8 Å². The van der Waals surface area contributed by atoms with Gasteiger partial charge in [-0.3, -0.25) is 14.9 Å². The van der Waals surface area contributed by atoms with Crippen LogP contribution in [0.5, 0.6) is 11.5 Å². The summed E-state index contributed by atoms with van der Waals surface area (Å²) in [4.78, 5) is 21.8. The summed E-state index contributed by atoms with van der Waals surface area (Å²) >= 11 is 5.78. The average molecular weight is 350 g/mol. The highest BCUT2D eigenvalue weighted by molar-refractivity contribution is 6.30. The molecule has 8 nitrogen and oxygen atoms in total. The summed E-state index contributed by atoms with van der Waals surface area (Å²) in [5, 5.41) is 24.5. The van der Waals surface area contributed by atoms with Gasteiger partial charge in [0.25, 0.3) is 5.91 Å². The van der Waals surface area contributed by atoms with Crippen LogP contribution < -0.4 is 10.2 Å². The summed E-state index contributed by atoms with van der Waals surface area (Å²) in [5.41, 5.74) is 2.26. The van der Waals surface area contributed by atoms with Gasteiger partial charge in [0.2, 0.25) is 0 Å². The first-order valence-electron chi connectivity index (χ1n) is 6.64. The van der Waals surface area contributed by atoms with Gasteiger partial charge in [-0.05, 0) is 24.3 Å². The third kappa shape index (κ3) is 4.68. The number of amides is 1. The topological polar surface area (TPSA) is 114 Å². The number of nitro benzene ring substituents is 1.